The highest BCUT2D eigenvalue weighted by Crippen LogP contribution is 2.11. The van der Waals surface area contributed by atoms with E-state index in [1.807, 2.05) is 26.0 Å². The molecular weight excluding hydrogens is 298 g/mol. The van der Waals surface area contributed by atoms with E-state index in [4.69, 9.17) is 15.3 Å². The van der Waals surface area contributed by atoms with Crippen molar-refractivity contribution in [3.63, 3.8) is 0 Å². The number of pyridine rings is 1. The number of ether oxygens (including phenoxy) is 2. The van der Waals surface area contributed by atoms with Crippen molar-refractivity contribution >= 4 is 15.9 Å². The topological polar surface area (TPSA) is 69.4 Å². The van der Waals surface area contributed by atoms with Gasteiger partial charge in [0.25, 0.3) is 0 Å². The summed E-state index contributed by atoms with van der Waals surface area (Å²) in [6.07, 6.45) is 2.05. The van der Waals surface area contributed by atoms with Crippen molar-refractivity contribution in [1.82, 2.24) is 10.4 Å². The van der Waals surface area contributed by atoms with Crippen molar-refractivity contribution in [2.45, 2.75) is 32.6 Å². The van der Waals surface area contributed by atoms with Crippen LogP contribution >= 0.6 is 15.9 Å². The highest BCUT2D eigenvalue weighted by molar-refractivity contribution is 9.10. The monoisotopic (exact) mass is 317 g/mol. The summed E-state index contributed by atoms with van der Waals surface area (Å²) in [6, 6.07) is 3.77. The van der Waals surface area contributed by atoms with Crippen molar-refractivity contribution in [3.8, 4) is 0 Å². The molecule has 1 atom stereocenters. The fourth-order valence-corrected chi connectivity index (χ4v) is 1.83. The maximum atomic E-state index is 5.56. The molecule has 6 heteroatoms. The number of nitrogens with one attached hydrogen (secondary N) is 1. The number of hydrogen-bond acceptors (Lipinski definition) is 5. The van der Waals surface area contributed by atoms with Gasteiger partial charge in [-0.25, -0.2) is 0 Å². The van der Waals surface area contributed by atoms with Gasteiger partial charge in [0, 0.05) is 36.0 Å². The maximum Gasteiger partial charge on any atom is 0.174 e. The van der Waals surface area contributed by atoms with Crippen molar-refractivity contribution in [3.05, 3.63) is 28.5 Å². The first kappa shape index (κ1) is 15.5. The van der Waals surface area contributed by atoms with Crippen molar-refractivity contribution in [2.24, 2.45) is 5.84 Å². The molecule has 18 heavy (non-hydrogen) atoms. The largest absolute Gasteiger partial charge is 0.351 e. The third kappa shape index (κ3) is 4.99. The zero-order valence-corrected chi connectivity index (χ0v) is 12.3. The van der Waals surface area contributed by atoms with Crippen LogP contribution in [0.15, 0.2) is 22.8 Å². The van der Waals surface area contributed by atoms with Gasteiger partial charge in [0.2, 0.25) is 0 Å². The van der Waals surface area contributed by atoms with Gasteiger partial charge in [-0.05, 0) is 41.9 Å². The average Bonchev–Trinajstić information content (AvgIpc) is 2.38. The summed E-state index contributed by atoms with van der Waals surface area (Å²) < 4.78 is 12.0. The molecule has 0 aliphatic heterocycles. The smallest absolute Gasteiger partial charge is 0.174 e. The van der Waals surface area contributed by atoms with E-state index in [0.717, 1.165) is 10.2 Å². The molecule has 0 aliphatic carbocycles. The van der Waals surface area contributed by atoms with Crippen LogP contribution in [0.3, 0.4) is 0 Å². The van der Waals surface area contributed by atoms with Crippen LogP contribution in [0.4, 0.5) is 0 Å². The first-order chi connectivity index (χ1) is 8.71. The summed E-state index contributed by atoms with van der Waals surface area (Å²) in [4.78, 5) is 4.32. The Morgan fingerprint density at radius 3 is 2.44 bits per heavy atom. The number of rotatable bonds is 8. The van der Waals surface area contributed by atoms with Crippen LogP contribution in [0.2, 0.25) is 0 Å². The highest BCUT2D eigenvalue weighted by Gasteiger charge is 2.21. The normalized spacial score (nSPS) is 12.9. The molecular formula is C12H20BrN3O2. The Morgan fingerprint density at radius 2 is 2.00 bits per heavy atom. The number of halogens is 1. The van der Waals surface area contributed by atoms with E-state index in [9.17, 15) is 0 Å². The molecule has 0 bridgehead atoms. The van der Waals surface area contributed by atoms with Gasteiger partial charge in [-0.1, -0.05) is 0 Å². The molecule has 0 fully saturated rings. The zero-order chi connectivity index (χ0) is 13.4. The molecule has 0 radical (unpaired) electrons. The fraction of sp³-hybridized carbons (Fsp3) is 0.583. The Bertz CT molecular complexity index is 329. The lowest BCUT2D eigenvalue weighted by atomic mass is 10.1. The lowest BCUT2D eigenvalue weighted by molar-refractivity contribution is -0.153. The predicted octanol–water partition coefficient (Wildman–Crippen LogP) is 1.62. The number of hydrogen-bond donors (Lipinski definition) is 2. The van der Waals surface area contributed by atoms with Gasteiger partial charge in [-0.2, -0.15) is 0 Å². The standard InChI is InChI=1S/C12H20BrN3O2/c1-3-17-12(18-4-2)11(16-14)7-10-6-5-9(13)8-15-10/h5-6,8,11-12,16H,3-4,7,14H2,1-2H3. The molecule has 5 nitrogen and oxygen atoms in total. The molecule has 1 heterocycles. The molecule has 0 spiro atoms. The van der Waals surface area contributed by atoms with Gasteiger partial charge in [0.1, 0.15) is 0 Å². The third-order valence-electron chi connectivity index (χ3n) is 2.42. The number of nitrogens with zero attached hydrogens (tertiary/aromatic N) is 1. The zero-order valence-electron chi connectivity index (χ0n) is 10.7. The summed E-state index contributed by atoms with van der Waals surface area (Å²) in [6.45, 7) is 5.02. The molecule has 1 aromatic rings. The minimum absolute atomic E-state index is 0.126. The van der Waals surface area contributed by atoms with E-state index in [1.54, 1.807) is 6.20 Å². The number of hydrazine groups is 1. The molecule has 1 rings (SSSR count). The van der Waals surface area contributed by atoms with E-state index in [0.29, 0.717) is 19.6 Å². The molecule has 102 valence electrons. The van der Waals surface area contributed by atoms with Gasteiger partial charge in [-0.15, -0.1) is 0 Å². The minimum atomic E-state index is -0.365. The van der Waals surface area contributed by atoms with Crippen LogP contribution in [0.25, 0.3) is 0 Å². The summed E-state index contributed by atoms with van der Waals surface area (Å²) in [5.74, 6) is 5.56. The lowest BCUT2D eigenvalue weighted by Crippen LogP contribution is -2.48. The van der Waals surface area contributed by atoms with Crippen molar-refractivity contribution in [1.29, 1.82) is 0 Å². The van der Waals surface area contributed by atoms with E-state index < -0.39 is 0 Å². The number of aromatic nitrogens is 1. The molecule has 0 aliphatic rings. The van der Waals surface area contributed by atoms with Crippen LogP contribution in [0, 0.1) is 0 Å². The van der Waals surface area contributed by atoms with Crippen LogP contribution in [-0.2, 0) is 15.9 Å². The Labute approximate surface area is 116 Å². The van der Waals surface area contributed by atoms with Gasteiger partial charge in [0.05, 0.1) is 6.04 Å². The molecule has 0 saturated heterocycles. The Balaban J connectivity index is 2.66. The Kier molecular flexibility index (Phi) is 7.38. The van der Waals surface area contributed by atoms with Crippen LogP contribution < -0.4 is 11.3 Å². The summed E-state index contributed by atoms with van der Waals surface area (Å²) in [7, 11) is 0. The van der Waals surface area contributed by atoms with E-state index in [2.05, 4.69) is 26.3 Å². The maximum absolute atomic E-state index is 5.56. The van der Waals surface area contributed by atoms with Crippen LogP contribution in [0.5, 0.6) is 0 Å². The summed E-state index contributed by atoms with van der Waals surface area (Å²) >= 11 is 3.36. The van der Waals surface area contributed by atoms with E-state index in [-0.39, 0.29) is 12.3 Å². The first-order valence-electron chi connectivity index (χ1n) is 6.01. The first-order valence-corrected chi connectivity index (χ1v) is 6.80. The SMILES string of the molecule is CCOC(OCC)C(Cc1ccc(Br)cn1)NN. The van der Waals surface area contributed by atoms with Gasteiger partial charge in [-0.3, -0.25) is 16.3 Å². The molecule has 0 aromatic carbocycles. The highest BCUT2D eigenvalue weighted by atomic mass is 79.9. The van der Waals surface area contributed by atoms with Crippen molar-refractivity contribution in [2.75, 3.05) is 13.2 Å². The second kappa shape index (κ2) is 8.55. The average molecular weight is 318 g/mol. The molecule has 3 N–H and O–H groups in total. The quantitative estimate of drug-likeness (QED) is 0.433. The Morgan fingerprint density at radius 1 is 1.33 bits per heavy atom. The van der Waals surface area contributed by atoms with Gasteiger partial charge in [0.15, 0.2) is 6.29 Å². The minimum Gasteiger partial charge on any atom is -0.351 e. The lowest BCUT2D eigenvalue weighted by Gasteiger charge is -2.25. The molecule has 0 saturated carbocycles. The van der Waals surface area contributed by atoms with Gasteiger partial charge < -0.3 is 9.47 Å². The summed E-state index contributed by atoms with van der Waals surface area (Å²) in [5.41, 5.74) is 3.67. The van der Waals surface area contributed by atoms with Crippen molar-refractivity contribution < 1.29 is 9.47 Å². The molecule has 1 aromatic heterocycles. The molecule has 1 unspecified atom stereocenters. The van der Waals surface area contributed by atoms with Crippen LogP contribution in [-0.4, -0.2) is 30.5 Å². The second-order valence-electron chi connectivity index (χ2n) is 3.72. The van der Waals surface area contributed by atoms with E-state index >= 15 is 0 Å². The molecule has 0 amide bonds. The predicted molar refractivity (Wildman–Crippen MR) is 73.8 cm³/mol. The second-order valence-corrected chi connectivity index (χ2v) is 4.64. The van der Waals surface area contributed by atoms with Crippen LogP contribution in [0.1, 0.15) is 19.5 Å². The van der Waals surface area contributed by atoms with Gasteiger partial charge >= 0.3 is 0 Å². The summed E-state index contributed by atoms with van der Waals surface area (Å²) in [5, 5.41) is 0. The third-order valence-corrected chi connectivity index (χ3v) is 2.89. The van der Waals surface area contributed by atoms with E-state index in [1.165, 1.54) is 0 Å². The number of nitrogens with two attached hydrogens (primary N) is 1. The Hall–Kier alpha value is -0.530. The fourth-order valence-electron chi connectivity index (χ4n) is 1.60.